The fourth-order valence-electron chi connectivity index (χ4n) is 2.14. The van der Waals surface area contributed by atoms with Crippen LogP contribution < -0.4 is 5.32 Å². The van der Waals surface area contributed by atoms with Crippen LogP contribution in [0.15, 0.2) is 0 Å². The number of rotatable bonds is 5. The van der Waals surface area contributed by atoms with Crippen molar-refractivity contribution in [3.8, 4) is 0 Å². The molecule has 0 aromatic rings. The molecule has 18 heavy (non-hydrogen) atoms. The van der Waals surface area contributed by atoms with E-state index in [0.717, 1.165) is 32.4 Å². The van der Waals surface area contributed by atoms with Crippen molar-refractivity contribution in [2.24, 2.45) is 5.92 Å². The molecule has 1 rings (SSSR count). The molecule has 0 saturated carbocycles. The highest BCUT2D eigenvalue weighted by Crippen LogP contribution is 2.13. The first kappa shape index (κ1) is 15.3. The zero-order chi connectivity index (χ0) is 13.5. The Kier molecular flexibility index (Phi) is 6.47. The average Bonchev–Trinajstić information content (AvgIpc) is 2.36. The molecule has 0 aromatic heterocycles. The van der Waals surface area contributed by atoms with Crippen LogP contribution in [0, 0.1) is 5.92 Å². The molecule has 0 radical (unpaired) electrons. The first-order valence-corrected chi connectivity index (χ1v) is 7.22. The molecule has 2 amide bonds. The van der Waals surface area contributed by atoms with Gasteiger partial charge in [0.25, 0.3) is 0 Å². The molecular formula is C13H23ClN2O2. The molecule has 0 aliphatic carbocycles. The van der Waals surface area contributed by atoms with Crippen LogP contribution in [0.4, 0.5) is 0 Å². The van der Waals surface area contributed by atoms with Gasteiger partial charge in [-0.1, -0.05) is 13.8 Å². The largest absolute Gasteiger partial charge is 0.353 e. The Hall–Kier alpha value is -0.770. The molecule has 1 fully saturated rings. The van der Waals surface area contributed by atoms with Crippen molar-refractivity contribution in [3.63, 3.8) is 0 Å². The van der Waals surface area contributed by atoms with Crippen molar-refractivity contribution < 1.29 is 9.59 Å². The van der Waals surface area contributed by atoms with E-state index in [0.29, 0.717) is 12.3 Å². The van der Waals surface area contributed by atoms with Gasteiger partial charge in [0.1, 0.15) is 0 Å². The topological polar surface area (TPSA) is 49.4 Å². The van der Waals surface area contributed by atoms with Crippen LogP contribution in [0.5, 0.6) is 0 Å². The third-order valence-corrected chi connectivity index (χ3v) is 3.47. The van der Waals surface area contributed by atoms with Crippen LogP contribution in [0.25, 0.3) is 0 Å². The second-order valence-corrected chi connectivity index (χ2v) is 5.49. The number of hydrogen-bond acceptors (Lipinski definition) is 2. The normalized spacial score (nSPS) is 17.0. The molecule has 1 heterocycles. The molecule has 0 atom stereocenters. The summed E-state index contributed by atoms with van der Waals surface area (Å²) in [5.74, 6) is 0.862. The van der Waals surface area contributed by atoms with E-state index >= 15 is 0 Å². The second kappa shape index (κ2) is 7.62. The molecule has 0 bridgehead atoms. The van der Waals surface area contributed by atoms with E-state index in [2.05, 4.69) is 5.32 Å². The molecule has 1 saturated heterocycles. The minimum atomic E-state index is 0.0554. The monoisotopic (exact) mass is 274 g/mol. The van der Waals surface area contributed by atoms with Crippen molar-refractivity contribution in [1.82, 2.24) is 10.2 Å². The third-order valence-electron chi connectivity index (χ3n) is 3.20. The van der Waals surface area contributed by atoms with Gasteiger partial charge in [0.05, 0.1) is 0 Å². The van der Waals surface area contributed by atoms with Crippen molar-refractivity contribution in [2.75, 3.05) is 19.0 Å². The van der Waals surface area contributed by atoms with Crippen LogP contribution >= 0.6 is 11.6 Å². The predicted octanol–water partition coefficient (Wildman–Crippen LogP) is 1.77. The number of hydrogen-bond donors (Lipinski definition) is 1. The second-order valence-electron chi connectivity index (χ2n) is 5.11. The zero-order valence-electron chi connectivity index (χ0n) is 11.2. The van der Waals surface area contributed by atoms with E-state index in [4.69, 9.17) is 11.6 Å². The number of piperidine rings is 1. The Labute approximate surface area is 114 Å². The molecule has 0 unspecified atom stereocenters. The number of amides is 2. The number of alkyl halides is 1. The smallest absolute Gasteiger partial charge is 0.225 e. The molecule has 1 aliphatic heterocycles. The highest BCUT2D eigenvalue weighted by Gasteiger charge is 2.24. The number of halogens is 1. The summed E-state index contributed by atoms with van der Waals surface area (Å²) in [6.45, 7) is 5.33. The Morgan fingerprint density at radius 3 is 2.44 bits per heavy atom. The number of nitrogens with one attached hydrogen (secondary N) is 1. The fraction of sp³-hybridized carbons (Fsp3) is 0.846. The molecule has 1 N–H and O–H groups in total. The minimum absolute atomic E-state index is 0.0554. The molecule has 4 nitrogen and oxygen atoms in total. The third kappa shape index (κ3) is 4.84. The predicted molar refractivity (Wildman–Crippen MR) is 72.5 cm³/mol. The average molecular weight is 275 g/mol. The van der Waals surface area contributed by atoms with Crippen molar-refractivity contribution in [1.29, 1.82) is 0 Å². The van der Waals surface area contributed by atoms with E-state index in [9.17, 15) is 9.59 Å². The number of nitrogens with zero attached hydrogens (tertiary/aromatic N) is 1. The highest BCUT2D eigenvalue weighted by molar-refractivity contribution is 6.17. The summed E-state index contributed by atoms with van der Waals surface area (Å²) >= 11 is 5.55. The lowest BCUT2D eigenvalue weighted by molar-refractivity contribution is -0.135. The summed E-state index contributed by atoms with van der Waals surface area (Å²) in [6.07, 6.45) is 2.92. The summed E-state index contributed by atoms with van der Waals surface area (Å²) in [4.78, 5) is 25.2. The zero-order valence-corrected chi connectivity index (χ0v) is 12.0. The van der Waals surface area contributed by atoms with E-state index in [1.54, 1.807) is 0 Å². The van der Waals surface area contributed by atoms with Gasteiger partial charge in [-0.15, -0.1) is 11.6 Å². The first-order valence-electron chi connectivity index (χ1n) is 6.68. The maximum atomic E-state index is 11.8. The maximum absolute atomic E-state index is 11.8. The van der Waals surface area contributed by atoms with Crippen LogP contribution in [-0.2, 0) is 9.59 Å². The van der Waals surface area contributed by atoms with Crippen LogP contribution in [0.2, 0.25) is 0 Å². The fourth-order valence-corrected chi connectivity index (χ4v) is 2.27. The molecule has 0 aromatic carbocycles. The molecule has 0 spiro atoms. The number of carbonyl (C=O) groups is 2. The van der Waals surface area contributed by atoms with Gasteiger partial charge >= 0.3 is 0 Å². The van der Waals surface area contributed by atoms with Gasteiger partial charge in [0, 0.05) is 37.4 Å². The molecular weight excluding hydrogens is 252 g/mol. The Balaban J connectivity index is 2.27. The van der Waals surface area contributed by atoms with Gasteiger partial charge in [-0.25, -0.2) is 0 Å². The van der Waals surface area contributed by atoms with Gasteiger partial charge in [0.2, 0.25) is 11.8 Å². The van der Waals surface area contributed by atoms with Gasteiger partial charge in [-0.2, -0.15) is 0 Å². The summed E-state index contributed by atoms with van der Waals surface area (Å²) in [5.41, 5.74) is 0. The summed E-state index contributed by atoms with van der Waals surface area (Å²) in [5, 5.41) is 3.01. The van der Waals surface area contributed by atoms with Crippen molar-refractivity contribution in [2.45, 2.75) is 45.6 Å². The maximum Gasteiger partial charge on any atom is 0.225 e. The van der Waals surface area contributed by atoms with Gasteiger partial charge in [-0.05, 0) is 19.3 Å². The summed E-state index contributed by atoms with van der Waals surface area (Å²) < 4.78 is 0. The number of carbonyl (C=O) groups excluding carboxylic acids is 2. The van der Waals surface area contributed by atoms with Crippen LogP contribution in [0.1, 0.15) is 39.5 Å². The Morgan fingerprint density at radius 1 is 1.33 bits per heavy atom. The standard InChI is InChI=1S/C13H23ClN2O2/c1-10(2)13(18)16-8-5-11(6-9-16)15-12(17)4-3-7-14/h10-11H,3-9H2,1-2H3,(H,15,17). The number of likely N-dealkylation sites (tertiary alicyclic amines) is 1. The first-order chi connectivity index (χ1) is 8.54. The SMILES string of the molecule is CC(C)C(=O)N1CCC(NC(=O)CCCCl)CC1. The Bertz CT molecular complexity index is 287. The van der Waals surface area contributed by atoms with E-state index in [-0.39, 0.29) is 23.8 Å². The Morgan fingerprint density at radius 2 is 1.94 bits per heavy atom. The summed E-state index contributed by atoms with van der Waals surface area (Å²) in [6, 6.07) is 0.212. The molecule has 5 heteroatoms. The minimum Gasteiger partial charge on any atom is -0.353 e. The van der Waals surface area contributed by atoms with Crippen molar-refractivity contribution in [3.05, 3.63) is 0 Å². The summed E-state index contributed by atoms with van der Waals surface area (Å²) in [7, 11) is 0. The lowest BCUT2D eigenvalue weighted by atomic mass is 10.0. The molecule has 1 aliphatic rings. The van der Waals surface area contributed by atoms with Gasteiger partial charge < -0.3 is 10.2 Å². The van der Waals surface area contributed by atoms with E-state index in [1.807, 2.05) is 18.7 Å². The highest BCUT2D eigenvalue weighted by atomic mass is 35.5. The van der Waals surface area contributed by atoms with Gasteiger partial charge in [0.15, 0.2) is 0 Å². The van der Waals surface area contributed by atoms with Crippen LogP contribution in [0.3, 0.4) is 0 Å². The lowest BCUT2D eigenvalue weighted by Gasteiger charge is -2.33. The van der Waals surface area contributed by atoms with Gasteiger partial charge in [-0.3, -0.25) is 9.59 Å². The quantitative estimate of drug-likeness (QED) is 0.777. The van der Waals surface area contributed by atoms with E-state index in [1.165, 1.54) is 0 Å². The van der Waals surface area contributed by atoms with Crippen molar-refractivity contribution >= 4 is 23.4 Å². The lowest BCUT2D eigenvalue weighted by Crippen LogP contribution is -2.47. The van der Waals surface area contributed by atoms with Crippen LogP contribution in [-0.4, -0.2) is 41.7 Å². The molecule has 104 valence electrons. The van der Waals surface area contributed by atoms with E-state index < -0.39 is 0 Å².